The van der Waals surface area contributed by atoms with E-state index in [4.69, 9.17) is 5.73 Å². The molecule has 0 spiro atoms. The minimum Gasteiger partial charge on any atom is -0.399 e. The second kappa shape index (κ2) is 3.65. The van der Waals surface area contributed by atoms with E-state index in [2.05, 4.69) is 29.6 Å². The summed E-state index contributed by atoms with van der Waals surface area (Å²) in [4.78, 5) is 0. The first-order chi connectivity index (χ1) is 7.83. The second-order valence-electron chi connectivity index (χ2n) is 4.21. The average molecular weight is 210 g/mol. The number of fused-ring (bicyclic) bond motifs is 1. The van der Waals surface area contributed by atoms with Crippen LogP contribution in [0.15, 0.2) is 42.5 Å². The molecule has 80 valence electrons. The number of nitrogens with two attached hydrogens (primary N) is 1. The number of rotatable bonds is 1. The Kier molecular flexibility index (Phi) is 2.15. The van der Waals surface area contributed by atoms with Gasteiger partial charge in [0.2, 0.25) is 0 Å². The van der Waals surface area contributed by atoms with Crippen molar-refractivity contribution in [3.63, 3.8) is 0 Å². The minimum absolute atomic E-state index is 0.816. The van der Waals surface area contributed by atoms with Crippen LogP contribution >= 0.6 is 0 Å². The Bertz CT molecular complexity index is 532. The van der Waals surface area contributed by atoms with Crippen LogP contribution in [0, 0.1) is 0 Å². The number of nitrogen functional groups attached to an aromatic ring is 1. The lowest BCUT2D eigenvalue weighted by molar-refractivity contribution is 0.765. The Balaban J connectivity index is 2.07. The molecule has 16 heavy (non-hydrogen) atoms. The zero-order valence-corrected chi connectivity index (χ0v) is 9.03. The molecular weight excluding hydrogens is 196 g/mol. The number of nitrogens with one attached hydrogen (secondary N) is 1. The molecule has 2 aromatic carbocycles. The van der Waals surface area contributed by atoms with Gasteiger partial charge in [-0.05, 0) is 40.5 Å². The van der Waals surface area contributed by atoms with E-state index in [1.54, 1.807) is 0 Å². The number of hydrogen-bond donors (Lipinski definition) is 2. The van der Waals surface area contributed by atoms with Gasteiger partial charge in [-0.15, -0.1) is 0 Å². The fourth-order valence-corrected chi connectivity index (χ4v) is 2.19. The lowest BCUT2D eigenvalue weighted by Gasteiger charge is -2.05. The highest BCUT2D eigenvalue weighted by molar-refractivity contribution is 5.68. The van der Waals surface area contributed by atoms with Crippen LogP contribution < -0.4 is 11.1 Å². The summed E-state index contributed by atoms with van der Waals surface area (Å²) in [5, 5.41) is 3.35. The molecule has 2 nitrogen and oxygen atoms in total. The van der Waals surface area contributed by atoms with E-state index in [-0.39, 0.29) is 0 Å². The molecule has 2 aromatic rings. The first kappa shape index (κ1) is 9.43. The predicted octanol–water partition coefficient (Wildman–Crippen LogP) is 2.54. The summed E-state index contributed by atoms with van der Waals surface area (Å²) in [5.74, 6) is 0. The van der Waals surface area contributed by atoms with Crippen LogP contribution in [0.2, 0.25) is 0 Å². The molecule has 0 atom stereocenters. The molecule has 3 rings (SSSR count). The van der Waals surface area contributed by atoms with Crippen molar-refractivity contribution in [3.8, 4) is 11.1 Å². The highest BCUT2D eigenvalue weighted by Gasteiger charge is 2.10. The number of hydrogen-bond acceptors (Lipinski definition) is 2. The predicted molar refractivity (Wildman–Crippen MR) is 66.8 cm³/mol. The van der Waals surface area contributed by atoms with Crippen LogP contribution in [0.1, 0.15) is 11.1 Å². The molecule has 1 heterocycles. The number of benzene rings is 2. The SMILES string of the molecule is Nc1cccc(-c2ccc3c(c2)CNC3)c1. The maximum atomic E-state index is 5.80. The maximum Gasteiger partial charge on any atom is 0.0320 e. The standard InChI is InChI=1S/C14H14N2/c15-14-3-1-2-10(7-14)11-4-5-12-8-16-9-13(12)6-11/h1-7,16H,8-9,15H2. The third-order valence-corrected chi connectivity index (χ3v) is 3.06. The molecule has 0 unspecified atom stereocenters. The molecule has 0 amide bonds. The van der Waals surface area contributed by atoms with Gasteiger partial charge in [0, 0.05) is 18.8 Å². The Labute approximate surface area is 95.1 Å². The van der Waals surface area contributed by atoms with Crippen molar-refractivity contribution >= 4 is 5.69 Å². The monoisotopic (exact) mass is 210 g/mol. The van der Waals surface area contributed by atoms with E-state index < -0.39 is 0 Å². The molecule has 0 bridgehead atoms. The van der Waals surface area contributed by atoms with Crippen molar-refractivity contribution < 1.29 is 0 Å². The van der Waals surface area contributed by atoms with Crippen LogP contribution in [0.3, 0.4) is 0 Å². The van der Waals surface area contributed by atoms with Crippen LogP contribution in [-0.2, 0) is 13.1 Å². The molecule has 1 aliphatic heterocycles. The normalized spacial score (nSPS) is 13.8. The zero-order chi connectivity index (χ0) is 11.0. The van der Waals surface area contributed by atoms with Crippen molar-refractivity contribution in [3.05, 3.63) is 53.6 Å². The van der Waals surface area contributed by atoms with Crippen LogP contribution in [0.5, 0.6) is 0 Å². The summed E-state index contributed by atoms with van der Waals surface area (Å²) in [6.45, 7) is 1.97. The molecule has 0 radical (unpaired) electrons. The molecule has 0 aromatic heterocycles. The molecule has 0 saturated carbocycles. The van der Waals surface area contributed by atoms with Crippen molar-refractivity contribution in [1.29, 1.82) is 0 Å². The van der Waals surface area contributed by atoms with E-state index in [0.717, 1.165) is 18.8 Å². The van der Waals surface area contributed by atoms with Crippen molar-refractivity contribution in [2.24, 2.45) is 0 Å². The summed E-state index contributed by atoms with van der Waals surface area (Å²) in [7, 11) is 0. The first-order valence-electron chi connectivity index (χ1n) is 5.51. The molecule has 3 N–H and O–H groups in total. The molecule has 0 aliphatic carbocycles. The largest absolute Gasteiger partial charge is 0.399 e. The lowest BCUT2D eigenvalue weighted by Crippen LogP contribution is -1.99. The first-order valence-corrected chi connectivity index (χ1v) is 5.51. The van der Waals surface area contributed by atoms with Gasteiger partial charge in [-0.25, -0.2) is 0 Å². The third-order valence-electron chi connectivity index (χ3n) is 3.06. The highest BCUT2D eigenvalue weighted by atomic mass is 14.9. The van der Waals surface area contributed by atoms with Gasteiger partial charge in [-0.2, -0.15) is 0 Å². The Morgan fingerprint density at radius 2 is 1.69 bits per heavy atom. The van der Waals surface area contributed by atoms with E-state index in [1.165, 1.54) is 22.3 Å². The van der Waals surface area contributed by atoms with Gasteiger partial charge < -0.3 is 11.1 Å². The lowest BCUT2D eigenvalue weighted by atomic mass is 10.0. The fraction of sp³-hybridized carbons (Fsp3) is 0.143. The smallest absolute Gasteiger partial charge is 0.0320 e. The fourth-order valence-electron chi connectivity index (χ4n) is 2.19. The van der Waals surface area contributed by atoms with Gasteiger partial charge in [-0.3, -0.25) is 0 Å². The number of anilines is 1. The van der Waals surface area contributed by atoms with Crippen molar-refractivity contribution in [2.75, 3.05) is 5.73 Å². The molecule has 0 saturated heterocycles. The Hall–Kier alpha value is -1.80. The van der Waals surface area contributed by atoms with E-state index in [1.807, 2.05) is 18.2 Å². The van der Waals surface area contributed by atoms with E-state index in [9.17, 15) is 0 Å². The second-order valence-corrected chi connectivity index (χ2v) is 4.21. The van der Waals surface area contributed by atoms with Gasteiger partial charge in [0.25, 0.3) is 0 Å². The van der Waals surface area contributed by atoms with Gasteiger partial charge in [0.15, 0.2) is 0 Å². The summed E-state index contributed by atoms with van der Waals surface area (Å²) >= 11 is 0. The quantitative estimate of drug-likeness (QED) is 0.710. The molecule has 2 heteroatoms. The Morgan fingerprint density at radius 3 is 2.56 bits per heavy atom. The zero-order valence-electron chi connectivity index (χ0n) is 9.03. The minimum atomic E-state index is 0.816. The van der Waals surface area contributed by atoms with Crippen LogP contribution in [-0.4, -0.2) is 0 Å². The summed E-state index contributed by atoms with van der Waals surface area (Å²) < 4.78 is 0. The third kappa shape index (κ3) is 1.57. The van der Waals surface area contributed by atoms with Gasteiger partial charge in [-0.1, -0.05) is 24.3 Å². The molecule has 1 aliphatic rings. The summed E-state index contributed by atoms with van der Waals surface area (Å²) in [5.41, 5.74) is 11.9. The highest BCUT2D eigenvalue weighted by Crippen LogP contribution is 2.25. The van der Waals surface area contributed by atoms with Crippen LogP contribution in [0.25, 0.3) is 11.1 Å². The van der Waals surface area contributed by atoms with Crippen molar-refractivity contribution in [1.82, 2.24) is 5.32 Å². The maximum absolute atomic E-state index is 5.80. The average Bonchev–Trinajstić information content (AvgIpc) is 2.75. The van der Waals surface area contributed by atoms with Crippen LogP contribution in [0.4, 0.5) is 5.69 Å². The summed E-state index contributed by atoms with van der Waals surface area (Å²) in [6, 6.07) is 14.7. The summed E-state index contributed by atoms with van der Waals surface area (Å²) in [6.07, 6.45) is 0. The van der Waals surface area contributed by atoms with Gasteiger partial charge >= 0.3 is 0 Å². The molecular formula is C14H14N2. The Morgan fingerprint density at radius 1 is 0.875 bits per heavy atom. The van der Waals surface area contributed by atoms with E-state index >= 15 is 0 Å². The van der Waals surface area contributed by atoms with Crippen molar-refractivity contribution in [2.45, 2.75) is 13.1 Å². The van der Waals surface area contributed by atoms with Gasteiger partial charge in [0.1, 0.15) is 0 Å². The van der Waals surface area contributed by atoms with E-state index in [0.29, 0.717) is 0 Å². The topological polar surface area (TPSA) is 38.0 Å². The molecule has 0 fully saturated rings. The van der Waals surface area contributed by atoms with Gasteiger partial charge in [0.05, 0.1) is 0 Å².